The molecule has 0 saturated heterocycles. The Hall–Kier alpha value is -3.52. The maximum atomic E-state index is 12.5. The van der Waals surface area contributed by atoms with Crippen LogP contribution in [-0.4, -0.2) is 30.4 Å². The van der Waals surface area contributed by atoms with Crippen molar-refractivity contribution in [2.24, 2.45) is 0 Å². The highest BCUT2D eigenvalue weighted by molar-refractivity contribution is 6.31. The Balaban J connectivity index is 1.86. The Bertz CT molecular complexity index is 1200. The van der Waals surface area contributed by atoms with Gasteiger partial charge in [0.2, 0.25) is 5.95 Å². The van der Waals surface area contributed by atoms with E-state index in [9.17, 15) is 4.79 Å². The second-order valence-electron chi connectivity index (χ2n) is 6.05. The van der Waals surface area contributed by atoms with E-state index < -0.39 is 6.04 Å². The number of hydrogen-bond donors (Lipinski definition) is 2. The van der Waals surface area contributed by atoms with Gasteiger partial charge in [0.25, 0.3) is 5.56 Å². The number of aromatic amines is 1. The van der Waals surface area contributed by atoms with Crippen LogP contribution in [0.5, 0.6) is 0 Å². The topological polar surface area (TPSA) is 101 Å². The molecular weight excluding hydrogens is 366 g/mol. The molecule has 0 amide bonds. The minimum atomic E-state index is -0.495. The standard InChI is InChI=1S/C18H12ClN7O/c19-12-9-5-4-8-11(12)16-13-14(10-6-2-1-3-7-10)21-22-17(27)15(13)20-18-23-24-25-26(16)18/h1-9,16H,(H,22,27)(H,20,23,25). The summed E-state index contributed by atoms with van der Waals surface area (Å²) in [4.78, 5) is 12.5. The van der Waals surface area contributed by atoms with Gasteiger partial charge in [0.05, 0.1) is 5.69 Å². The number of nitrogens with zero attached hydrogens (tertiary/aromatic N) is 5. The molecule has 5 rings (SSSR count). The molecule has 132 valence electrons. The smallest absolute Gasteiger partial charge is 0.288 e. The van der Waals surface area contributed by atoms with Crippen molar-refractivity contribution in [2.45, 2.75) is 6.04 Å². The average molecular weight is 378 g/mol. The van der Waals surface area contributed by atoms with Gasteiger partial charge in [-0.25, -0.2) is 5.10 Å². The predicted octanol–water partition coefficient (Wildman–Crippen LogP) is 2.77. The maximum absolute atomic E-state index is 12.5. The Kier molecular flexibility index (Phi) is 3.51. The fourth-order valence-corrected chi connectivity index (χ4v) is 3.58. The van der Waals surface area contributed by atoms with Gasteiger partial charge >= 0.3 is 0 Å². The highest BCUT2D eigenvalue weighted by atomic mass is 35.5. The van der Waals surface area contributed by atoms with Crippen LogP contribution < -0.4 is 10.9 Å². The van der Waals surface area contributed by atoms with E-state index in [-0.39, 0.29) is 5.56 Å². The van der Waals surface area contributed by atoms with Crippen LogP contribution in [0.25, 0.3) is 11.3 Å². The van der Waals surface area contributed by atoms with Crippen molar-refractivity contribution in [3.05, 3.63) is 81.1 Å². The van der Waals surface area contributed by atoms with Crippen molar-refractivity contribution >= 4 is 23.2 Å². The molecule has 0 fully saturated rings. The van der Waals surface area contributed by atoms with Crippen molar-refractivity contribution in [3.63, 3.8) is 0 Å². The van der Waals surface area contributed by atoms with Gasteiger partial charge in [0.15, 0.2) is 0 Å². The van der Waals surface area contributed by atoms with Crippen LogP contribution in [0.2, 0.25) is 5.02 Å². The zero-order valence-corrected chi connectivity index (χ0v) is 14.6. The summed E-state index contributed by atoms with van der Waals surface area (Å²) in [5.74, 6) is 0.364. The summed E-state index contributed by atoms with van der Waals surface area (Å²) < 4.78 is 1.61. The van der Waals surface area contributed by atoms with E-state index in [0.29, 0.717) is 27.9 Å². The van der Waals surface area contributed by atoms with Crippen LogP contribution >= 0.6 is 11.6 Å². The number of anilines is 2. The second kappa shape index (κ2) is 6.03. The molecule has 0 aliphatic carbocycles. The van der Waals surface area contributed by atoms with Crippen molar-refractivity contribution in [3.8, 4) is 11.3 Å². The van der Waals surface area contributed by atoms with Gasteiger partial charge in [-0.1, -0.05) is 65.2 Å². The van der Waals surface area contributed by atoms with Gasteiger partial charge in [-0.15, -0.1) is 0 Å². The Morgan fingerprint density at radius 2 is 1.81 bits per heavy atom. The van der Waals surface area contributed by atoms with Gasteiger partial charge in [-0.2, -0.15) is 9.78 Å². The average Bonchev–Trinajstić information content (AvgIpc) is 3.17. The van der Waals surface area contributed by atoms with Crippen LogP contribution in [0.1, 0.15) is 17.2 Å². The highest BCUT2D eigenvalue weighted by Gasteiger charge is 2.35. The highest BCUT2D eigenvalue weighted by Crippen LogP contribution is 2.42. The normalized spacial score (nSPS) is 14.9. The molecule has 0 bridgehead atoms. The van der Waals surface area contributed by atoms with Gasteiger partial charge < -0.3 is 5.32 Å². The Labute approximate surface area is 157 Å². The molecule has 2 aromatic carbocycles. The molecule has 4 aromatic rings. The van der Waals surface area contributed by atoms with Crippen LogP contribution in [0, 0.1) is 0 Å². The lowest BCUT2D eigenvalue weighted by Gasteiger charge is -2.28. The number of aromatic nitrogens is 6. The first-order valence-corrected chi connectivity index (χ1v) is 8.59. The van der Waals surface area contributed by atoms with Crippen LogP contribution in [0.3, 0.4) is 0 Å². The lowest BCUT2D eigenvalue weighted by molar-refractivity contribution is 0.567. The van der Waals surface area contributed by atoms with Gasteiger partial charge in [0, 0.05) is 21.7 Å². The second-order valence-corrected chi connectivity index (χ2v) is 6.46. The molecular formula is C18H12ClN7O. The van der Waals surface area contributed by atoms with E-state index in [1.807, 2.05) is 48.5 Å². The first kappa shape index (κ1) is 15.7. The van der Waals surface area contributed by atoms with Crippen LogP contribution in [0.4, 0.5) is 11.6 Å². The minimum Gasteiger partial charge on any atom is -0.318 e. The number of hydrogen-bond acceptors (Lipinski definition) is 6. The molecule has 1 atom stereocenters. The monoisotopic (exact) mass is 377 g/mol. The molecule has 3 heterocycles. The first-order valence-electron chi connectivity index (χ1n) is 8.21. The van der Waals surface area contributed by atoms with Gasteiger partial charge in [-0.05, 0) is 16.5 Å². The molecule has 0 radical (unpaired) electrons. The summed E-state index contributed by atoms with van der Waals surface area (Å²) in [7, 11) is 0. The van der Waals surface area contributed by atoms with Crippen molar-refractivity contribution in [2.75, 3.05) is 5.32 Å². The van der Waals surface area contributed by atoms with E-state index in [0.717, 1.165) is 11.1 Å². The quantitative estimate of drug-likeness (QED) is 0.490. The Morgan fingerprint density at radius 3 is 2.63 bits per heavy atom. The zero-order chi connectivity index (χ0) is 18.4. The van der Waals surface area contributed by atoms with E-state index in [2.05, 4.69) is 31.0 Å². The van der Waals surface area contributed by atoms with E-state index in [1.54, 1.807) is 10.7 Å². The number of fused-ring (bicyclic) bond motifs is 2. The fourth-order valence-electron chi connectivity index (χ4n) is 3.34. The van der Waals surface area contributed by atoms with Crippen LogP contribution in [-0.2, 0) is 0 Å². The Morgan fingerprint density at radius 1 is 1.04 bits per heavy atom. The number of H-pyrrole nitrogens is 1. The minimum absolute atomic E-state index is 0.351. The first-order chi connectivity index (χ1) is 13.2. The molecule has 0 spiro atoms. The summed E-state index contributed by atoms with van der Waals surface area (Å²) in [6, 6.07) is 16.5. The van der Waals surface area contributed by atoms with Gasteiger partial charge in [-0.3, -0.25) is 4.79 Å². The lowest BCUT2D eigenvalue weighted by atomic mass is 9.92. The largest absolute Gasteiger partial charge is 0.318 e. The summed E-state index contributed by atoms with van der Waals surface area (Å²) in [5, 5.41) is 22.3. The molecule has 1 aliphatic rings. The predicted molar refractivity (Wildman–Crippen MR) is 100 cm³/mol. The molecule has 9 heteroatoms. The maximum Gasteiger partial charge on any atom is 0.288 e. The number of nitrogens with one attached hydrogen (secondary N) is 2. The van der Waals surface area contributed by atoms with Crippen LogP contribution in [0.15, 0.2) is 59.4 Å². The number of halogens is 1. The third kappa shape index (κ3) is 2.42. The van der Waals surface area contributed by atoms with E-state index >= 15 is 0 Å². The third-order valence-corrected chi connectivity index (χ3v) is 4.86. The van der Waals surface area contributed by atoms with E-state index in [4.69, 9.17) is 11.6 Å². The summed E-state index contributed by atoms with van der Waals surface area (Å²) >= 11 is 6.49. The van der Waals surface area contributed by atoms with Gasteiger partial charge in [0.1, 0.15) is 11.7 Å². The third-order valence-electron chi connectivity index (χ3n) is 4.52. The van der Waals surface area contributed by atoms with Crippen molar-refractivity contribution < 1.29 is 0 Å². The molecule has 2 N–H and O–H groups in total. The molecule has 27 heavy (non-hydrogen) atoms. The molecule has 0 saturated carbocycles. The number of rotatable bonds is 2. The van der Waals surface area contributed by atoms with E-state index in [1.165, 1.54) is 0 Å². The zero-order valence-electron chi connectivity index (χ0n) is 13.8. The van der Waals surface area contributed by atoms with Crippen molar-refractivity contribution in [1.29, 1.82) is 0 Å². The van der Waals surface area contributed by atoms with Crippen molar-refractivity contribution in [1.82, 2.24) is 30.4 Å². The fraction of sp³-hybridized carbons (Fsp3) is 0.0556. The molecule has 2 aromatic heterocycles. The SMILES string of the molecule is O=c1[nH]nc(-c2ccccc2)c2c1Nc1nnnn1C2c1ccccc1Cl. The lowest BCUT2D eigenvalue weighted by Crippen LogP contribution is -2.29. The number of tetrazole rings is 1. The molecule has 1 unspecified atom stereocenters. The molecule has 8 nitrogen and oxygen atoms in total. The summed E-state index contributed by atoms with van der Waals surface area (Å²) in [5.41, 5.74) is 2.94. The summed E-state index contributed by atoms with van der Waals surface area (Å²) in [6.07, 6.45) is 0. The molecule has 1 aliphatic heterocycles. The number of benzene rings is 2. The summed E-state index contributed by atoms with van der Waals surface area (Å²) in [6.45, 7) is 0.